The van der Waals surface area contributed by atoms with Crippen molar-refractivity contribution in [2.45, 2.75) is 51.6 Å². The van der Waals surface area contributed by atoms with Crippen LogP contribution in [0.1, 0.15) is 46.0 Å². The normalized spacial score (nSPS) is 9.29. The quantitative estimate of drug-likeness (QED) is 0.323. The van der Waals surface area contributed by atoms with E-state index in [4.69, 9.17) is 20.4 Å². The first-order valence-corrected chi connectivity index (χ1v) is 6.66. The Hall–Kier alpha value is -2.62. The van der Waals surface area contributed by atoms with E-state index >= 15 is 0 Å². The summed E-state index contributed by atoms with van der Waals surface area (Å²) in [6, 6.07) is 0. The highest BCUT2D eigenvalue weighted by molar-refractivity contribution is 5.88. The molecule has 0 bridgehead atoms. The highest BCUT2D eigenvalue weighted by atomic mass is 16.4. The molecule has 24 heavy (non-hydrogen) atoms. The molecule has 0 aromatic rings. The minimum Gasteiger partial charge on any atom is -0.481 e. The predicted octanol–water partition coefficient (Wildman–Crippen LogP) is -0.0987. The second-order valence-electron chi connectivity index (χ2n) is 4.65. The molecule has 0 fully saturated rings. The van der Waals surface area contributed by atoms with Crippen molar-refractivity contribution in [2.75, 3.05) is 0 Å². The van der Waals surface area contributed by atoms with Gasteiger partial charge in [0, 0.05) is 12.8 Å². The van der Waals surface area contributed by atoms with Gasteiger partial charge < -0.3 is 34.8 Å². The van der Waals surface area contributed by atoms with Crippen LogP contribution in [0, 0.1) is 0 Å². The second kappa shape index (κ2) is 15.3. The molecule has 0 unspecified atom stereocenters. The third-order valence-electron chi connectivity index (χ3n) is 1.93. The van der Waals surface area contributed by atoms with E-state index in [0.717, 1.165) is 12.6 Å². The summed E-state index contributed by atoms with van der Waals surface area (Å²) in [6.07, 6.45) is 1.08. The average Bonchev–Trinajstić information content (AvgIpc) is 2.37. The van der Waals surface area contributed by atoms with Crippen molar-refractivity contribution in [1.82, 2.24) is 0 Å². The first kappa shape index (κ1) is 26.3. The number of carbonyl (C=O) groups excluding carboxylic acids is 3. The number of rotatable bonds is 9. The number of hydrogen-bond acceptors (Lipinski definition) is 7. The molecule has 0 spiro atoms. The maximum atomic E-state index is 10.3. The summed E-state index contributed by atoms with van der Waals surface area (Å²) < 4.78 is 0. The topological polar surface area (TPSA) is 183 Å². The van der Waals surface area contributed by atoms with Gasteiger partial charge in [-0.2, -0.15) is 0 Å². The Morgan fingerprint density at radius 1 is 0.833 bits per heavy atom. The minimum atomic E-state index is -2.74. The van der Waals surface area contributed by atoms with Crippen LogP contribution in [-0.4, -0.2) is 62.3 Å². The fourth-order valence-electron chi connectivity index (χ4n) is 0.999. The van der Waals surface area contributed by atoms with Gasteiger partial charge in [-0.3, -0.25) is 9.59 Å². The lowest BCUT2D eigenvalue weighted by Gasteiger charge is -2.18. The van der Waals surface area contributed by atoms with Gasteiger partial charge in [0.25, 0.3) is 0 Å². The van der Waals surface area contributed by atoms with Gasteiger partial charge in [0.2, 0.25) is 0 Å². The van der Waals surface area contributed by atoms with E-state index in [9.17, 15) is 28.8 Å². The summed E-state index contributed by atoms with van der Waals surface area (Å²) in [7, 11) is 0. The zero-order valence-electron chi connectivity index (χ0n) is 13.4. The molecule has 0 aliphatic carbocycles. The first-order chi connectivity index (χ1) is 10.9. The van der Waals surface area contributed by atoms with Gasteiger partial charge in [0.15, 0.2) is 5.60 Å². The molecule has 0 saturated carbocycles. The van der Waals surface area contributed by atoms with Gasteiger partial charge in [-0.1, -0.05) is 0 Å². The number of carbonyl (C=O) groups is 6. The molecule has 0 aromatic heterocycles. The Kier molecular flexibility index (Phi) is 16.7. The van der Waals surface area contributed by atoms with Gasteiger partial charge in [0.1, 0.15) is 18.4 Å². The molecule has 0 aliphatic rings. The molecular formula is C14H22O10. The molecule has 4 N–H and O–H groups in total. The zero-order chi connectivity index (χ0) is 19.8. The van der Waals surface area contributed by atoms with Gasteiger partial charge in [0.05, 0.1) is 12.8 Å². The number of ketones is 1. The average molecular weight is 350 g/mol. The van der Waals surface area contributed by atoms with Crippen molar-refractivity contribution in [3.8, 4) is 0 Å². The predicted molar refractivity (Wildman–Crippen MR) is 79.4 cm³/mol. The Labute approximate surface area is 138 Å². The second-order valence-corrected chi connectivity index (χ2v) is 4.65. The number of Topliss-reactive ketones (excluding diaryl/α,β-unsaturated/α-hetero) is 1. The van der Waals surface area contributed by atoms with Gasteiger partial charge >= 0.3 is 17.9 Å². The van der Waals surface area contributed by atoms with E-state index < -0.39 is 36.4 Å². The van der Waals surface area contributed by atoms with E-state index in [0.29, 0.717) is 19.3 Å². The molecule has 0 aliphatic heterocycles. The van der Waals surface area contributed by atoms with Crippen LogP contribution in [-0.2, 0) is 28.8 Å². The number of carboxylic acids is 3. The van der Waals surface area contributed by atoms with E-state index in [1.807, 2.05) is 0 Å². The maximum Gasteiger partial charge on any atom is 0.336 e. The van der Waals surface area contributed by atoms with Crippen molar-refractivity contribution in [2.24, 2.45) is 0 Å². The summed E-state index contributed by atoms with van der Waals surface area (Å²) in [6.45, 7) is 3.06. The van der Waals surface area contributed by atoms with E-state index in [-0.39, 0.29) is 5.78 Å². The van der Waals surface area contributed by atoms with Crippen LogP contribution in [0.2, 0.25) is 0 Å². The first-order valence-electron chi connectivity index (χ1n) is 6.66. The standard InChI is InChI=1S/C6H8O7.C5H8O2.C3H6O/c7-3(8)1-6(13,5(11)12)2-4(9)10;6-4-2-1-3-5-7;1-3(2)4/h13H,1-2H2,(H,7,8)(H,9,10)(H,11,12);4-5H,1-3H2;1-2H3. The summed E-state index contributed by atoms with van der Waals surface area (Å²) in [5.41, 5.74) is -2.74. The Morgan fingerprint density at radius 2 is 1.12 bits per heavy atom. The van der Waals surface area contributed by atoms with E-state index in [2.05, 4.69) is 0 Å². The molecule has 138 valence electrons. The highest BCUT2D eigenvalue weighted by Gasteiger charge is 2.40. The summed E-state index contributed by atoms with van der Waals surface area (Å²) in [5, 5.41) is 33.8. The highest BCUT2D eigenvalue weighted by Crippen LogP contribution is 2.15. The molecule has 0 aromatic carbocycles. The van der Waals surface area contributed by atoms with E-state index in [1.165, 1.54) is 13.8 Å². The number of aliphatic hydroxyl groups is 1. The maximum absolute atomic E-state index is 10.3. The third kappa shape index (κ3) is 21.7. The van der Waals surface area contributed by atoms with Gasteiger partial charge in [-0.05, 0) is 20.3 Å². The van der Waals surface area contributed by atoms with Crippen molar-refractivity contribution in [3.05, 3.63) is 0 Å². The lowest BCUT2D eigenvalue weighted by Crippen LogP contribution is -2.42. The van der Waals surface area contributed by atoms with Crippen LogP contribution < -0.4 is 0 Å². The Bertz CT molecular complexity index is 413. The third-order valence-corrected chi connectivity index (χ3v) is 1.93. The molecule has 0 heterocycles. The monoisotopic (exact) mass is 350 g/mol. The SMILES string of the molecule is CC(C)=O.O=C(O)CC(O)(CC(=O)O)C(=O)O.O=CCCCC=O. The summed E-state index contributed by atoms with van der Waals surface area (Å²) in [5.74, 6) is -4.85. The summed E-state index contributed by atoms with van der Waals surface area (Å²) >= 11 is 0. The van der Waals surface area contributed by atoms with Crippen LogP contribution in [0.5, 0.6) is 0 Å². The van der Waals surface area contributed by atoms with Crippen molar-refractivity contribution in [3.63, 3.8) is 0 Å². The van der Waals surface area contributed by atoms with Crippen LogP contribution in [0.25, 0.3) is 0 Å². The molecule has 10 heteroatoms. The fourth-order valence-corrected chi connectivity index (χ4v) is 0.999. The molecule has 0 saturated heterocycles. The lowest BCUT2D eigenvalue weighted by molar-refractivity contribution is -0.170. The van der Waals surface area contributed by atoms with Gasteiger partial charge in [-0.15, -0.1) is 0 Å². The van der Waals surface area contributed by atoms with Crippen molar-refractivity contribution in [1.29, 1.82) is 0 Å². The van der Waals surface area contributed by atoms with Crippen LogP contribution >= 0.6 is 0 Å². The number of unbranched alkanes of at least 4 members (excludes halogenated alkanes) is 2. The number of aldehydes is 2. The van der Waals surface area contributed by atoms with Crippen LogP contribution in [0.4, 0.5) is 0 Å². The molecule has 0 atom stereocenters. The van der Waals surface area contributed by atoms with Crippen LogP contribution in [0.15, 0.2) is 0 Å². The molecular weight excluding hydrogens is 328 g/mol. The van der Waals surface area contributed by atoms with Gasteiger partial charge in [-0.25, -0.2) is 4.79 Å². The molecule has 10 nitrogen and oxygen atoms in total. The number of carboxylic acid groups (broad SMARTS) is 3. The summed E-state index contributed by atoms with van der Waals surface area (Å²) in [4.78, 5) is 59.1. The van der Waals surface area contributed by atoms with Crippen LogP contribution in [0.3, 0.4) is 0 Å². The Morgan fingerprint density at radius 3 is 1.29 bits per heavy atom. The van der Waals surface area contributed by atoms with Crippen molar-refractivity contribution >= 4 is 36.3 Å². The number of aliphatic carboxylic acids is 3. The smallest absolute Gasteiger partial charge is 0.336 e. The lowest BCUT2D eigenvalue weighted by atomic mass is 9.96. The number of hydrogen-bond donors (Lipinski definition) is 4. The van der Waals surface area contributed by atoms with Crippen molar-refractivity contribution < 1.29 is 49.2 Å². The molecule has 0 radical (unpaired) electrons. The van der Waals surface area contributed by atoms with E-state index in [1.54, 1.807) is 0 Å². The zero-order valence-corrected chi connectivity index (χ0v) is 13.4. The Balaban J connectivity index is -0.000000335. The largest absolute Gasteiger partial charge is 0.481 e. The fraction of sp³-hybridized carbons (Fsp3) is 0.571. The molecule has 0 rings (SSSR count). The minimum absolute atomic E-state index is 0.167. The molecule has 0 amide bonds.